The van der Waals surface area contributed by atoms with Crippen molar-refractivity contribution in [2.75, 3.05) is 19.6 Å². The number of hydrogen-bond donors (Lipinski definition) is 0. The molecule has 0 N–H and O–H groups in total. The molecule has 0 atom stereocenters. The van der Waals surface area contributed by atoms with E-state index in [1.807, 2.05) is 12.1 Å². The highest BCUT2D eigenvalue weighted by molar-refractivity contribution is 6.31. The van der Waals surface area contributed by atoms with Gasteiger partial charge in [0.05, 0.1) is 0 Å². The zero-order chi connectivity index (χ0) is 24.4. The average Bonchev–Trinajstić information content (AvgIpc) is 3.02. The number of fused-ring (bicyclic) bond motifs is 1. The minimum Gasteiger partial charge on any atom is -0.295 e. The third kappa shape index (κ3) is 5.27. The number of nitrogens with zero attached hydrogens (tertiary/aromatic N) is 1. The van der Waals surface area contributed by atoms with Gasteiger partial charge in [0.2, 0.25) is 6.43 Å². The first-order chi connectivity index (χ1) is 17.0. The van der Waals surface area contributed by atoms with Crippen molar-refractivity contribution in [1.82, 2.24) is 4.90 Å². The number of benzene rings is 3. The summed E-state index contributed by atoms with van der Waals surface area (Å²) < 4.78 is 24.9. The Balaban J connectivity index is 1.49. The molecule has 1 saturated heterocycles. The predicted octanol–water partition coefficient (Wildman–Crippen LogP) is 8.30. The number of likely N-dealkylation sites (tertiary alicyclic amines) is 1. The maximum atomic E-state index is 12.4. The van der Waals surface area contributed by atoms with Crippen LogP contribution >= 0.6 is 11.6 Å². The summed E-state index contributed by atoms with van der Waals surface area (Å²) in [4.78, 5) is 2.07. The third-order valence-electron chi connectivity index (χ3n) is 7.14. The van der Waals surface area contributed by atoms with Crippen LogP contribution in [0.5, 0.6) is 0 Å². The molecule has 0 bridgehead atoms. The third-order valence-corrected chi connectivity index (χ3v) is 7.55. The summed E-state index contributed by atoms with van der Waals surface area (Å²) in [7, 11) is 0. The first kappa shape index (κ1) is 24.0. The molecule has 5 rings (SSSR count). The van der Waals surface area contributed by atoms with E-state index in [9.17, 15) is 8.78 Å². The Morgan fingerprint density at radius 3 is 2.43 bits per heavy atom. The molecule has 1 fully saturated rings. The van der Waals surface area contributed by atoms with Crippen LogP contribution in [-0.2, 0) is 6.42 Å². The minimum atomic E-state index is -2.22. The fourth-order valence-corrected chi connectivity index (χ4v) is 5.47. The lowest BCUT2D eigenvalue weighted by Gasteiger charge is -2.34. The molecule has 0 spiro atoms. The molecule has 0 saturated carbocycles. The molecular formula is C31H30ClF2N. The number of alkyl halides is 2. The summed E-state index contributed by atoms with van der Waals surface area (Å²) in [5.74, 6) is 0. The van der Waals surface area contributed by atoms with Crippen LogP contribution in [0.25, 0.3) is 17.2 Å². The SMILES string of the molecule is Cc1c(Cl)cccc1C1=C(c2ccc(C=C3CN(CCC(F)F)C3)cc2)c2ccccc2CCC1. The molecule has 180 valence electrons. The van der Waals surface area contributed by atoms with Crippen LogP contribution in [0.4, 0.5) is 8.78 Å². The first-order valence-corrected chi connectivity index (χ1v) is 12.7. The molecule has 0 aromatic heterocycles. The van der Waals surface area contributed by atoms with E-state index in [0.717, 1.165) is 48.5 Å². The summed E-state index contributed by atoms with van der Waals surface area (Å²) >= 11 is 6.53. The number of allylic oxidation sites excluding steroid dienone is 1. The molecule has 2 aliphatic rings. The maximum Gasteiger partial charge on any atom is 0.239 e. The van der Waals surface area contributed by atoms with Crippen molar-refractivity contribution in [3.8, 4) is 0 Å². The van der Waals surface area contributed by atoms with E-state index in [-0.39, 0.29) is 6.42 Å². The van der Waals surface area contributed by atoms with Gasteiger partial charge in [0.15, 0.2) is 0 Å². The van der Waals surface area contributed by atoms with Crippen molar-refractivity contribution in [1.29, 1.82) is 0 Å². The quantitative estimate of drug-likeness (QED) is 0.336. The molecule has 1 nitrogen and oxygen atoms in total. The maximum absolute atomic E-state index is 12.4. The highest BCUT2D eigenvalue weighted by Gasteiger charge is 2.22. The van der Waals surface area contributed by atoms with Crippen molar-refractivity contribution in [3.05, 3.63) is 111 Å². The standard InChI is InChI=1S/C31H30ClF2N/c1-21-26(9-5-11-29(21)32)28-10-4-7-24-6-2-3-8-27(24)31(28)25-14-12-22(13-15-25)18-23-19-35(20-23)17-16-30(33)34/h2-3,5-6,8-9,11-15,18,30H,4,7,10,16-17,19-20H2,1H3. The summed E-state index contributed by atoms with van der Waals surface area (Å²) in [6.07, 6.45) is 3.10. The second-order valence-electron chi connectivity index (χ2n) is 9.59. The topological polar surface area (TPSA) is 3.24 Å². The molecule has 4 heteroatoms. The van der Waals surface area contributed by atoms with Crippen LogP contribution < -0.4 is 0 Å². The molecule has 35 heavy (non-hydrogen) atoms. The predicted molar refractivity (Wildman–Crippen MR) is 143 cm³/mol. The monoisotopic (exact) mass is 489 g/mol. The number of hydrogen-bond acceptors (Lipinski definition) is 1. The van der Waals surface area contributed by atoms with E-state index in [4.69, 9.17) is 11.6 Å². The zero-order valence-corrected chi connectivity index (χ0v) is 20.8. The van der Waals surface area contributed by atoms with Crippen molar-refractivity contribution in [3.63, 3.8) is 0 Å². The summed E-state index contributed by atoms with van der Waals surface area (Å²) in [6.45, 7) is 4.14. The van der Waals surface area contributed by atoms with Crippen LogP contribution in [0.1, 0.15) is 52.6 Å². The molecule has 3 aromatic carbocycles. The van der Waals surface area contributed by atoms with Gasteiger partial charge in [-0.05, 0) is 82.4 Å². The first-order valence-electron chi connectivity index (χ1n) is 12.4. The van der Waals surface area contributed by atoms with Gasteiger partial charge in [-0.25, -0.2) is 8.78 Å². The Bertz CT molecular complexity index is 1270. The molecule has 1 heterocycles. The van der Waals surface area contributed by atoms with Gasteiger partial charge in [-0.2, -0.15) is 0 Å². The Morgan fingerprint density at radius 1 is 0.914 bits per heavy atom. The van der Waals surface area contributed by atoms with Crippen molar-refractivity contribution in [2.45, 2.75) is 39.0 Å². The summed E-state index contributed by atoms with van der Waals surface area (Å²) in [5.41, 5.74) is 11.4. The van der Waals surface area contributed by atoms with Gasteiger partial charge in [-0.15, -0.1) is 0 Å². The molecule has 3 aromatic rings. The van der Waals surface area contributed by atoms with Crippen molar-refractivity contribution in [2.24, 2.45) is 0 Å². The van der Waals surface area contributed by atoms with E-state index in [1.165, 1.54) is 39.0 Å². The zero-order valence-electron chi connectivity index (χ0n) is 20.0. The lowest BCUT2D eigenvalue weighted by Crippen LogP contribution is -2.40. The smallest absolute Gasteiger partial charge is 0.239 e. The van der Waals surface area contributed by atoms with Crippen LogP contribution in [0, 0.1) is 6.92 Å². The van der Waals surface area contributed by atoms with E-state index in [1.54, 1.807) is 0 Å². The second kappa shape index (κ2) is 10.5. The molecule has 0 radical (unpaired) electrons. The summed E-state index contributed by atoms with van der Waals surface area (Å²) in [6, 6.07) is 23.7. The average molecular weight is 490 g/mol. The van der Waals surface area contributed by atoms with Crippen molar-refractivity contribution >= 4 is 28.8 Å². The molecule has 1 aliphatic heterocycles. The normalized spacial score (nSPS) is 16.2. The Labute approximate surface area is 211 Å². The van der Waals surface area contributed by atoms with E-state index < -0.39 is 6.43 Å². The van der Waals surface area contributed by atoms with Gasteiger partial charge in [-0.1, -0.05) is 78.3 Å². The highest BCUT2D eigenvalue weighted by Crippen LogP contribution is 2.41. The second-order valence-corrected chi connectivity index (χ2v) is 10.00. The Hall–Kier alpha value is -2.75. The van der Waals surface area contributed by atoms with Gasteiger partial charge < -0.3 is 0 Å². The van der Waals surface area contributed by atoms with Crippen LogP contribution in [0.3, 0.4) is 0 Å². The van der Waals surface area contributed by atoms with Crippen LogP contribution in [0.15, 0.2) is 72.3 Å². The Morgan fingerprint density at radius 2 is 1.66 bits per heavy atom. The molecule has 0 unspecified atom stereocenters. The lowest BCUT2D eigenvalue weighted by molar-refractivity contribution is 0.111. The van der Waals surface area contributed by atoms with Crippen LogP contribution in [0.2, 0.25) is 5.02 Å². The lowest BCUT2D eigenvalue weighted by atomic mass is 9.86. The van der Waals surface area contributed by atoms with Crippen LogP contribution in [-0.4, -0.2) is 31.0 Å². The minimum absolute atomic E-state index is 0.0486. The number of rotatable bonds is 6. The van der Waals surface area contributed by atoms with Gasteiger partial charge in [0.25, 0.3) is 0 Å². The number of halogens is 3. The highest BCUT2D eigenvalue weighted by atomic mass is 35.5. The Kier molecular flexibility index (Phi) is 7.17. The largest absolute Gasteiger partial charge is 0.295 e. The van der Waals surface area contributed by atoms with Crippen molar-refractivity contribution < 1.29 is 8.78 Å². The van der Waals surface area contributed by atoms with E-state index >= 15 is 0 Å². The fraction of sp³-hybridized carbons (Fsp3) is 0.290. The molecule has 1 aliphatic carbocycles. The molecule has 0 amide bonds. The van der Waals surface area contributed by atoms with Gasteiger partial charge in [-0.3, -0.25) is 4.90 Å². The fourth-order valence-electron chi connectivity index (χ4n) is 5.30. The summed E-state index contributed by atoms with van der Waals surface area (Å²) in [5, 5.41) is 0.803. The number of aryl methyl sites for hydroxylation is 1. The van der Waals surface area contributed by atoms with Gasteiger partial charge in [0.1, 0.15) is 0 Å². The van der Waals surface area contributed by atoms with Gasteiger partial charge in [0, 0.05) is 31.1 Å². The molecular weight excluding hydrogens is 460 g/mol. The van der Waals surface area contributed by atoms with E-state index in [0.29, 0.717) is 6.54 Å². The van der Waals surface area contributed by atoms with Gasteiger partial charge >= 0.3 is 0 Å². The van der Waals surface area contributed by atoms with E-state index in [2.05, 4.69) is 72.5 Å².